The molecule has 1 rings (SSSR count). The van der Waals surface area contributed by atoms with Crippen LogP contribution >= 0.6 is 23.2 Å². The molecule has 0 atom stereocenters. The van der Waals surface area contributed by atoms with Crippen LogP contribution in [-0.4, -0.2) is 7.11 Å². The summed E-state index contributed by atoms with van der Waals surface area (Å²) in [6.45, 7) is 1.93. The number of halogens is 2. The van der Waals surface area contributed by atoms with E-state index in [1.165, 1.54) is 0 Å². The molecule has 0 saturated carbocycles. The van der Waals surface area contributed by atoms with Crippen LogP contribution in [0.1, 0.15) is 5.56 Å². The van der Waals surface area contributed by atoms with Gasteiger partial charge in [0.15, 0.2) is 5.75 Å². The third kappa shape index (κ3) is 1.79. The molecule has 0 aliphatic heterocycles. The van der Waals surface area contributed by atoms with Crippen molar-refractivity contribution in [2.75, 3.05) is 7.11 Å². The van der Waals surface area contributed by atoms with Gasteiger partial charge in [-0.05, 0) is 24.6 Å². The Morgan fingerprint density at radius 2 is 1.64 bits per heavy atom. The summed E-state index contributed by atoms with van der Waals surface area (Å²) in [6, 6.07) is 3.62. The third-order valence-electron chi connectivity index (χ3n) is 1.35. The largest absolute Gasteiger partial charge is 0.494 e. The van der Waals surface area contributed by atoms with Crippen LogP contribution in [0.15, 0.2) is 12.1 Å². The first-order chi connectivity index (χ1) is 5.15. The number of hydrogen-bond acceptors (Lipinski definition) is 1. The lowest BCUT2D eigenvalue weighted by molar-refractivity contribution is 0.415. The second-order valence-electron chi connectivity index (χ2n) is 2.26. The molecule has 0 unspecified atom stereocenters. The van der Waals surface area contributed by atoms with Gasteiger partial charge in [-0.25, -0.2) is 0 Å². The van der Waals surface area contributed by atoms with Crippen molar-refractivity contribution in [3.63, 3.8) is 0 Å². The molecule has 0 saturated heterocycles. The lowest BCUT2D eigenvalue weighted by Crippen LogP contribution is -1.86. The molecule has 0 N–H and O–H groups in total. The fourth-order valence-electron chi connectivity index (χ4n) is 0.882. The molecular formula is C8H8Cl2O. The number of hydrogen-bond donors (Lipinski definition) is 0. The quantitative estimate of drug-likeness (QED) is 0.661. The number of methoxy groups -OCH3 is 1. The van der Waals surface area contributed by atoms with Gasteiger partial charge in [0.05, 0.1) is 17.2 Å². The van der Waals surface area contributed by atoms with Crippen LogP contribution in [0.4, 0.5) is 0 Å². The minimum absolute atomic E-state index is 0.541. The molecule has 0 fully saturated rings. The Labute approximate surface area is 75.9 Å². The average molecular weight is 191 g/mol. The Morgan fingerprint density at radius 1 is 1.18 bits per heavy atom. The van der Waals surface area contributed by atoms with Crippen LogP contribution in [0.5, 0.6) is 5.75 Å². The van der Waals surface area contributed by atoms with E-state index in [1.54, 1.807) is 7.11 Å². The Hall–Kier alpha value is -0.400. The summed E-state index contributed by atoms with van der Waals surface area (Å²) in [7, 11) is 1.54. The Kier molecular flexibility index (Phi) is 2.63. The lowest BCUT2D eigenvalue weighted by Gasteiger charge is -2.05. The third-order valence-corrected chi connectivity index (χ3v) is 1.91. The minimum atomic E-state index is 0.541. The smallest absolute Gasteiger partial charge is 0.156 e. The van der Waals surface area contributed by atoms with Gasteiger partial charge < -0.3 is 4.74 Å². The van der Waals surface area contributed by atoms with Gasteiger partial charge in [-0.1, -0.05) is 23.2 Å². The van der Waals surface area contributed by atoms with Gasteiger partial charge in [0.1, 0.15) is 0 Å². The van der Waals surface area contributed by atoms with Gasteiger partial charge in [0, 0.05) is 0 Å². The van der Waals surface area contributed by atoms with Crippen LogP contribution < -0.4 is 4.74 Å². The van der Waals surface area contributed by atoms with Crippen molar-refractivity contribution < 1.29 is 4.74 Å². The van der Waals surface area contributed by atoms with Crippen molar-refractivity contribution in [2.45, 2.75) is 6.92 Å². The standard InChI is InChI=1S/C8H8Cl2O/c1-5-3-6(9)8(11-2)7(10)4-5/h3-4H,1-2H3. The number of rotatable bonds is 1. The van der Waals surface area contributed by atoms with E-state index in [0.29, 0.717) is 15.8 Å². The van der Waals surface area contributed by atoms with E-state index in [-0.39, 0.29) is 0 Å². The van der Waals surface area contributed by atoms with Crippen molar-refractivity contribution >= 4 is 23.2 Å². The normalized spacial score (nSPS) is 9.82. The fraction of sp³-hybridized carbons (Fsp3) is 0.250. The zero-order valence-electron chi connectivity index (χ0n) is 6.32. The van der Waals surface area contributed by atoms with Crippen molar-refractivity contribution in [1.29, 1.82) is 0 Å². The summed E-state index contributed by atoms with van der Waals surface area (Å²) in [5.41, 5.74) is 1.03. The van der Waals surface area contributed by atoms with Crippen molar-refractivity contribution in [1.82, 2.24) is 0 Å². The molecule has 1 aromatic carbocycles. The molecule has 0 amide bonds. The highest BCUT2D eigenvalue weighted by atomic mass is 35.5. The molecule has 0 aromatic heterocycles. The number of aryl methyl sites for hydroxylation is 1. The maximum absolute atomic E-state index is 5.83. The van der Waals surface area contributed by atoms with Crippen LogP contribution in [0, 0.1) is 6.92 Å². The highest BCUT2D eigenvalue weighted by molar-refractivity contribution is 6.37. The number of ether oxygens (including phenoxy) is 1. The van der Waals surface area contributed by atoms with E-state index in [4.69, 9.17) is 27.9 Å². The van der Waals surface area contributed by atoms with Gasteiger partial charge >= 0.3 is 0 Å². The molecule has 11 heavy (non-hydrogen) atoms. The van der Waals surface area contributed by atoms with Crippen molar-refractivity contribution in [2.24, 2.45) is 0 Å². The van der Waals surface area contributed by atoms with E-state index in [1.807, 2.05) is 19.1 Å². The summed E-state index contributed by atoms with van der Waals surface area (Å²) in [4.78, 5) is 0. The van der Waals surface area contributed by atoms with Gasteiger partial charge in [0.25, 0.3) is 0 Å². The van der Waals surface area contributed by atoms with Gasteiger partial charge in [0.2, 0.25) is 0 Å². The van der Waals surface area contributed by atoms with E-state index in [2.05, 4.69) is 0 Å². The number of benzene rings is 1. The Balaban J connectivity index is 3.25. The van der Waals surface area contributed by atoms with Crippen LogP contribution in [-0.2, 0) is 0 Å². The van der Waals surface area contributed by atoms with E-state index < -0.39 is 0 Å². The zero-order valence-corrected chi connectivity index (χ0v) is 7.83. The van der Waals surface area contributed by atoms with Crippen LogP contribution in [0.2, 0.25) is 10.0 Å². The first kappa shape index (κ1) is 8.69. The summed E-state index contributed by atoms with van der Waals surface area (Å²) in [5, 5.41) is 1.11. The molecule has 0 radical (unpaired) electrons. The first-order valence-corrected chi connectivity index (χ1v) is 3.90. The monoisotopic (exact) mass is 190 g/mol. The second kappa shape index (κ2) is 3.33. The minimum Gasteiger partial charge on any atom is -0.494 e. The van der Waals surface area contributed by atoms with Crippen LogP contribution in [0.3, 0.4) is 0 Å². The average Bonchev–Trinajstić information content (AvgIpc) is 1.85. The van der Waals surface area contributed by atoms with E-state index in [0.717, 1.165) is 5.56 Å². The van der Waals surface area contributed by atoms with Crippen LogP contribution in [0.25, 0.3) is 0 Å². The summed E-state index contributed by atoms with van der Waals surface area (Å²) in [5.74, 6) is 0.541. The lowest BCUT2D eigenvalue weighted by atomic mass is 10.2. The maximum atomic E-state index is 5.83. The van der Waals surface area contributed by atoms with Crippen molar-refractivity contribution in [3.8, 4) is 5.75 Å². The summed E-state index contributed by atoms with van der Waals surface area (Å²) in [6.07, 6.45) is 0. The van der Waals surface area contributed by atoms with Gasteiger partial charge in [-0.2, -0.15) is 0 Å². The molecule has 3 heteroatoms. The van der Waals surface area contributed by atoms with Gasteiger partial charge in [-0.15, -0.1) is 0 Å². The SMILES string of the molecule is COc1c(Cl)cc(C)cc1Cl. The predicted octanol–water partition coefficient (Wildman–Crippen LogP) is 3.31. The fourth-order valence-corrected chi connectivity index (χ4v) is 1.63. The highest BCUT2D eigenvalue weighted by Crippen LogP contribution is 2.33. The molecule has 1 nitrogen and oxygen atoms in total. The zero-order chi connectivity index (χ0) is 8.43. The molecule has 0 aliphatic rings. The first-order valence-electron chi connectivity index (χ1n) is 3.15. The van der Waals surface area contributed by atoms with E-state index in [9.17, 15) is 0 Å². The maximum Gasteiger partial charge on any atom is 0.156 e. The molecule has 0 spiro atoms. The topological polar surface area (TPSA) is 9.23 Å². The summed E-state index contributed by atoms with van der Waals surface area (Å²) >= 11 is 11.7. The highest BCUT2D eigenvalue weighted by Gasteiger charge is 2.05. The molecule has 0 heterocycles. The molecule has 60 valence electrons. The molecule has 0 bridgehead atoms. The summed E-state index contributed by atoms with van der Waals surface area (Å²) < 4.78 is 4.97. The van der Waals surface area contributed by atoms with Gasteiger partial charge in [-0.3, -0.25) is 0 Å². The predicted molar refractivity (Wildman–Crippen MR) is 47.8 cm³/mol. The van der Waals surface area contributed by atoms with Crippen molar-refractivity contribution in [3.05, 3.63) is 27.7 Å². The molecular weight excluding hydrogens is 183 g/mol. The Bertz CT molecular complexity index is 248. The molecule has 0 aliphatic carbocycles. The second-order valence-corrected chi connectivity index (χ2v) is 3.08. The van der Waals surface area contributed by atoms with E-state index >= 15 is 0 Å². The molecule has 1 aromatic rings. The Morgan fingerprint density at radius 3 is 2.00 bits per heavy atom.